The molecule has 1 rings (SSSR count). The van der Waals surface area contributed by atoms with E-state index in [2.05, 4.69) is 5.32 Å². The third-order valence-corrected chi connectivity index (χ3v) is 1.49. The maximum atomic E-state index is 7.19. The second-order valence-electron chi connectivity index (χ2n) is 2.31. The molecule has 0 aromatic carbocycles. The van der Waals surface area contributed by atoms with Crippen LogP contribution in [-0.4, -0.2) is 25.6 Å². The molecule has 0 radical (unpaired) electrons. The van der Waals surface area contributed by atoms with E-state index in [-0.39, 0.29) is 0 Å². The van der Waals surface area contributed by atoms with Gasteiger partial charge in [0.25, 0.3) is 0 Å². The van der Waals surface area contributed by atoms with Crippen LogP contribution in [0.4, 0.5) is 0 Å². The largest absolute Gasteiger partial charge is 0.383 e. The second kappa shape index (κ2) is 2.82. The first-order valence-corrected chi connectivity index (χ1v) is 3.16. The summed E-state index contributed by atoms with van der Waals surface area (Å²) in [7, 11) is 1.68. The molecule has 1 atom stereocenters. The Labute approximate surface area is 54.9 Å². The van der Waals surface area contributed by atoms with Crippen LogP contribution in [0, 0.1) is 5.41 Å². The van der Waals surface area contributed by atoms with Gasteiger partial charge >= 0.3 is 0 Å². The molecule has 1 aliphatic heterocycles. The number of hydrogen-bond acceptors (Lipinski definition) is 2. The van der Waals surface area contributed by atoms with Crippen LogP contribution in [0.5, 0.6) is 0 Å². The number of ether oxygens (including phenoxy) is 1. The molecule has 1 unspecified atom stereocenters. The topological polar surface area (TPSA) is 45.1 Å². The first kappa shape index (κ1) is 6.55. The molecule has 0 saturated carbocycles. The van der Waals surface area contributed by atoms with E-state index in [1.807, 2.05) is 0 Å². The first-order valence-electron chi connectivity index (χ1n) is 3.16. The molecule has 2 N–H and O–H groups in total. The lowest BCUT2D eigenvalue weighted by atomic mass is 10.2. The molecule has 3 heteroatoms. The molecule has 9 heavy (non-hydrogen) atoms. The van der Waals surface area contributed by atoms with Crippen molar-refractivity contribution in [1.82, 2.24) is 5.32 Å². The zero-order valence-corrected chi connectivity index (χ0v) is 5.61. The normalized spacial score (nSPS) is 26.3. The number of methoxy groups -OCH3 is 1. The standard InChI is InChI=1S/C6H12N2O/c1-9-4-5-2-3-6(7)8-5/h5H,2-4H2,1H3,(H2,7,8). The van der Waals surface area contributed by atoms with Crippen molar-refractivity contribution >= 4 is 5.84 Å². The van der Waals surface area contributed by atoms with E-state index in [0.29, 0.717) is 11.9 Å². The van der Waals surface area contributed by atoms with Crippen molar-refractivity contribution in [2.45, 2.75) is 18.9 Å². The molecule has 52 valence electrons. The minimum atomic E-state index is 0.391. The summed E-state index contributed by atoms with van der Waals surface area (Å²) < 4.78 is 4.91. The average Bonchev–Trinajstić information content (AvgIpc) is 2.17. The van der Waals surface area contributed by atoms with Crippen molar-refractivity contribution in [3.8, 4) is 0 Å². The van der Waals surface area contributed by atoms with Gasteiger partial charge in [-0.25, -0.2) is 0 Å². The highest BCUT2D eigenvalue weighted by molar-refractivity contribution is 5.81. The van der Waals surface area contributed by atoms with Gasteiger partial charge in [-0.2, -0.15) is 0 Å². The lowest BCUT2D eigenvalue weighted by Crippen LogP contribution is -2.28. The summed E-state index contributed by atoms with van der Waals surface area (Å²) in [6.45, 7) is 0.725. The summed E-state index contributed by atoms with van der Waals surface area (Å²) in [4.78, 5) is 0. The maximum Gasteiger partial charge on any atom is 0.0935 e. The minimum absolute atomic E-state index is 0.391. The van der Waals surface area contributed by atoms with Gasteiger partial charge in [0.15, 0.2) is 0 Å². The number of nitrogens with one attached hydrogen (secondary N) is 2. The predicted molar refractivity (Wildman–Crippen MR) is 35.8 cm³/mol. The van der Waals surface area contributed by atoms with Crippen LogP contribution in [-0.2, 0) is 4.74 Å². The molecule has 0 bridgehead atoms. The molecule has 1 heterocycles. The molecule has 3 nitrogen and oxygen atoms in total. The average molecular weight is 128 g/mol. The van der Waals surface area contributed by atoms with Crippen LogP contribution in [0.15, 0.2) is 0 Å². The van der Waals surface area contributed by atoms with Gasteiger partial charge < -0.3 is 10.1 Å². The van der Waals surface area contributed by atoms with E-state index >= 15 is 0 Å². The Hall–Kier alpha value is -0.570. The molecular weight excluding hydrogens is 116 g/mol. The molecule has 0 aliphatic carbocycles. The van der Waals surface area contributed by atoms with Gasteiger partial charge in [-0.1, -0.05) is 0 Å². The van der Waals surface area contributed by atoms with Crippen molar-refractivity contribution < 1.29 is 4.74 Å². The highest BCUT2D eigenvalue weighted by atomic mass is 16.5. The SMILES string of the molecule is COCC1CCC(=N)N1. The Morgan fingerprint density at radius 3 is 3.11 bits per heavy atom. The molecule has 0 aromatic rings. The van der Waals surface area contributed by atoms with Crippen LogP contribution < -0.4 is 5.32 Å². The highest BCUT2D eigenvalue weighted by Gasteiger charge is 2.16. The number of amidine groups is 1. The van der Waals surface area contributed by atoms with Gasteiger partial charge in [0.05, 0.1) is 18.5 Å². The number of rotatable bonds is 2. The van der Waals surface area contributed by atoms with Gasteiger partial charge in [0.2, 0.25) is 0 Å². The number of hydrogen-bond donors (Lipinski definition) is 2. The Bertz CT molecular complexity index is 114. The highest BCUT2D eigenvalue weighted by Crippen LogP contribution is 2.05. The fourth-order valence-electron chi connectivity index (χ4n) is 1.04. The summed E-state index contributed by atoms with van der Waals surface area (Å²) >= 11 is 0. The van der Waals surface area contributed by atoms with Gasteiger partial charge in [-0.15, -0.1) is 0 Å². The summed E-state index contributed by atoms with van der Waals surface area (Å²) in [5.41, 5.74) is 0. The minimum Gasteiger partial charge on any atom is -0.383 e. The Kier molecular flexibility index (Phi) is 2.05. The van der Waals surface area contributed by atoms with E-state index in [4.69, 9.17) is 10.1 Å². The molecule has 1 aliphatic rings. The van der Waals surface area contributed by atoms with Crippen LogP contribution in [0.1, 0.15) is 12.8 Å². The van der Waals surface area contributed by atoms with E-state index in [9.17, 15) is 0 Å². The van der Waals surface area contributed by atoms with E-state index < -0.39 is 0 Å². The van der Waals surface area contributed by atoms with Crippen LogP contribution >= 0.6 is 0 Å². The van der Waals surface area contributed by atoms with Crippen molar-refractivity contribution in [1.29, 1.82) is 5.41 Å². The lowest BCUT2D eigenvalue weighted by molar-refractivity contribution is 0.175. The monoisotopic (exact) mass is 128 g/mol. The summed E-state index contributed by atoms with van der Waals surface area (Å²) in [5.74, 6) is 0.650. The lowest BCUT2D eigenvalue weighted by Gasteiger charge is -2.06. The van der Waals surface area contributed by atoms with E-state index in [1.54, 1.807) is 7.11 Å². The Morgan fingerprint density at radius 2 is 2.67 bits per heavy atom. The third-order valence-electron chi connectivity index (χ3n) is 1.49. The third kappa shape index (κ3) is 1.68. The van der Waals surface area contributed by atoms with Crippen LogP contribution in [0.25, 0.3) is 0 Å². The first-order chi connectivity index (χ1) is 4.33. The smallest absolute Gasteiger partial charge is 0.0935 e. The van der Waals surface area contributed by atoms with Crippen molar-refractivity contribution in [3.63, 3.8) is 0 Å². The van der Waals surface area contributed by atoms with Gasteiger partial charge in [-0.05, 0) is 6.42 Å². The quantitative estimate of drug-likeness (QED) is 0.564. The zero-order chi connectivity index (χ0) is 6.69. The van der Waals surface area contributed by atoms with Gasteiger partial charge in [-0.3, -0.25) is 5.41 Å². The molecule has 1 fully saturated rings. The van der Waals surface area contributed by atoms with Crippen LogP contribution in [0.3, 0.4) is 0 Å². The van der Waals surface area contributed by atoms with E-state index in [0.717, 1.165) is 19.4 Å². The maximum absolute atomic E-state index is 7.19. The van der Waals surface area contributed by atoms with Crippen molar-refractivity contribution in [3.05, 3.63) is 0 Å². The van der Waals surface area contributed by atoms with Crippen molar-refractivity contribution in [2.24, 2.45) is 0 Å². The zero-order valence-electron chi connectivity index (χ0n) is 5.61. The second-order valence-corrected chi connectivity index (χ2v) is 2.31. The summed E-state index contributed by atoms with van der Waals surface area (Å²) in [6, 6.07) is 0.391. The Morgan fingerprint density at radius 1 is 1.89 bits per heavy atom. The molecule has 0 spiro atoms. The van der Waals surface area contributed by atoms with Gasteiger partial charge in [0, 0.05) is 13.5 Å². The molecule has 0 amide bonds. The fourth-order valence-corrected chi connectivity index (χ4v) is 1.04. The predicted octanol–water partition coefficient (Wildman–Crippen LogP) is 0.362. The van der Waals surface area contributed by atoms with Crippen LogP contribution in [0.2, 0.25) is 0 Å². The summed E-state index contributed by atoms with van der Waals surface area (Å²) in [6.07, 6.45) is 1.93. The van der Waals surface area contributed by atoms with Crippen molar-refractivity contribution in [2.75, 3.05) is 13.7 Å². The fraction of sp³-hybridized carbons (Fsp3) is 0.833. The van der Waals surface area contributed by atoms with E-state index in [1.165, 1.54) is 0 Å². The Balaban J connectivity index is 2.22. The molecule has 1 saturated heterocycles. The van der Waals surface area contributed by atoms with Gasteiger partial charge in [0.1, 0.15) is 0 Å². The molecular formula is C6H12N2O. The molecule has 0 aromatic heterocycles. The summed E-state index contributed by atoms with van der Waals surface area (Å²) in [5, 5.41) is 10.2.